The fourth-order valence-corrected chi connectivity index (χ4v) is 0.957. The first-order chi connectivity index (χ1) is 6.70. The van der Waals surface area contributed by atoms with Crippen molar-refractivity contribution in [3.8, 4) is 0 Å². The molecule has 0 heterocycles. The van der Waals surface area contributed by atoms with Crippen molar-refractivity contribution in [2.45, 2.75) is 32.7 Å². The molecular formula is C10H22N2O2. The molecule has 0 aliphatic carbocycles. The summed E-state index contributed by atoms with van der Waals surface area (Å²) in [5.41, 5.74) is 0. The number of hydrogen-bond acceptors (Lipinski definition) is 3. The molecule has 1 unspecified atom stereocenters. The van der Waals surface area contributed by atoms with Gasteiger partial charge < -0.3 is 15.4 Å². The molecule has 0 fully saturated rings. The average Bonchev–Trinajstić information content (AvgIpc) is 2.18. The van der Waals surface area contributed by atoms with Crippen LogP contribution in [0.25, 0.3) is 0 Å². The zero-order valence-corrected chi connectivity index (χ0v) is 9.43. The van der Waals surface area contributed by atoms with Crippen molar-refractivity contribution in [2.75, 3.05) is 26.8 Å². The van der Waals surface area contributed by atoms with Gasteiger partial charge in [0, 0.05) is 32.7 Å². The normalized spacial score (nSPS) is 12.5. The Bertz CT molecular complexity index is 151. The number of hydrogen-bond donors (Lipinski definition) is 2. The topological polar surface area (TPSA) is 50.4 Å². The van der Waals surface area contributed by atoms with Crippen LogP contribution in [0.3, 0.4) is 0 Å². The van der Waals surface area contributed by atoms with Gasteiger partial charge in [-0.15, -0.1) is 0 Å². The summed E-state index contributed by atoms with van der Waals surface area (Å²) in [6.45, 7) is 6.15. The Morgan fingerprint density at radius 3 is 2.71 bits per heavy atom. The number of methoxy groups -OCH3 is 1. The lowest BCUT2D eigenvalue weighted by molar-refractivity contribution is -0.121. The lowest BCUT2D eigenvalue weighted by Crippen LogP contribution is -2.32. The lowest BCUT2D eigenvalue weighted by atomic mass is 10.2. The number of ether oxygens (including phenoxy) is 1. The fourth-order valence-electron chi connectivity index (χ4n) is 0.957. The number of amides is 1. The number of nitrogens with one attached hydrogen (secondary N) is 2. The summed E-state index contributed by atoms with van der Waals surface area (Å²) >= 11 is 0. The van der Waals surface area contributed by atoms with Crippen LogP contribution in [-0.2, 0) is 9.53 Å². The van der Waals surface area contributed by atoms with Gasteiger partial charge in [0.25, 0.3) is 0 Å². The zero-order valence-electron chi connectivity index (χ0n) is 9.43. The summed E-state index contributed by atoms with van der Waals surface area (Å²) < 4.78 is 4.82. The van der Waals surface area contributed by atoms with Crippen LogP contribution in [0, 0.1) is 0 Å². The van der Waals surface area contributed by atoms with E-state index >= 15 is 0 Å². The summed E-state index contributed by atoms with van der Waals surface area (Å²) in [6, 6.07) is 0.488. The minimum absolute atomic E-state index is 0.0813. The van der Waals surface area contributed by atoms with E-state index in [9.17, 15) is 4.79 Å². The molecule has 0 bridgehead atoms. The van der Waals surface area contributed by atoms with E-state index in [0.29, 0.717) is 25.6 Å². The first-order valence-corrected chi connectivity index (χ1v) is 5.19. The molecule has 4 nitrogen and oxygen atoms in total. The van der Waals surface area contributed by atoms with Crippen molar-refractivity contribution in [3.05, 3.63) is 0 Å². The third-order valence-corrected chi connectivity index (χ3v) is 2.09. The molecule has 4 heteroatoms. The van der Waals surface area contributed by atoms with Crippen molar-refractivity contribution in [2.24, 2.45) is 0 Å². The monoisotopic (exact) mass is 202 g/mol. The molecule has 0 aromatic heterocycles. The summed E-state index contributed by atoms with van der Waals surface area (Å²) in [5, 5.41) is 6.03. The first-order valence-electron chi connectivity index (χ1n) is 5.19. The van der Waals surface area contributed by atoms with Gasteiger partial charge in [-0.05, 0) is 13.3 Å². The van der Waals surface area contributed by atoms with Crippen LogP contribution in [0.2, 0.25) is 0 Å². The van der Waals surface area contributed by atoms with Gasteiger partial charge in [0.1, 0.15) is 0 Å². The Kier molecular flexibility index (Phi) is 8.57. The summed E-state index contributed by atoms with van der Waals surface area (Å²) in [5.74, 6) is 0.0813. The Hall–Kier alpha value is -0.610. The largest absolute Gasteiger partial charge is 0.383 e. The lowest BCUT2D eigenvalue weighted by Gasteiger charge is -2.10. The van der Waals surface area contributed by atoms with Gasteiger partial charge in [0.05, 0.1) is 6.61 Å². The molecule has 0 aliphatic rings. The maximum atomic E-state index is 11.2. The molecule has 0 rings (SSSR count). The van der Waals surface area contributed by atoms with E-state index in [0.717, 1.165) is 13.0 Å². The Morgan fingerprint density at radius 1 is 1.43 bits per heavy atom. The Balaban J connectivity index is 3.26. The van der Waals surface area contributed by atoms with E-state index in [4.69, 9.17) is 4.74 Å². The third kappa shape index (κ3) is 8.01. The number of carbonyl (C=O) groups excluding carboxylic acids is 1. The van der Waals surface area contributed by atoms with Crippen LogP contribution >= 0.6 is 0 Å². The van der Waals surface area contributed by atoms with Gasteiger partial charge in [-0.3, -0.25) is 4.79 Å². The highest BCUT2D eigenvalue weighted by molar-refractivity contribution is 5.75. The van der Waals surface area contributed by atoms with E-state index < -0.39 is 0 Å². The minimum Gasteiger partial charge on any atom is -0.383 e. The highest BCUT2D eigenvalue weighted by Gasteiger charge is 2.01. The molecule has 0 saturated heterocycles. The van der Waals surface area contributed by atoms with E-state index in [-0.39, 0.29) is 5.91 Å². The molecular weight excluding hydrogens is 180 g/mol. The van der Waals surface area contributed by atoms with Crippen molar-refractivity contribution in [1.29, 1.82) is 0 Å². The Morgan fingerprint density at radius 2 is 2.14 bits per heavy atom. The van der Waals surface area contributed by atoms with E-state index in [1.54, 1.807) is 7.11 Å². The minimum atomic E-state index is 0.0813. The van der Waals surface area contributed by atoms with E-state index in [1.807, 2.05) is 0 Å². The van der Waals surface area contributed by atoms with E-state index in [2.05, 4.69) is 24.5 Å². The second-order valence-electron chi connectivity index (χ2n) is 3.36. The van der Waals surface area contributed by atoms with E-state index in [1.165, 1.54) is 0 Å². The van der Waals surface area contributed by atoms with Crippen LogP contribution in [-0.4, -0.2) is 38.8 Å². The summed E-state index contributed by atoms with van der Waals surface area (Å²) in [6.07, 6.45) is 1.62. The second kappa shape index (κ2) is 8.97. The number of rotatable bonds is 8. The van der Waals surface area contributed by atoms with Crippen LogP contribution in [0.4, 0.5) is 0 Å². The fraction of sp³-hybridized carbons (Fsp3) is 0.900. The molecule has 2 N–H and O–H groups in total. The smallest absolute Gasteiger partial charge is 0.221 e. The molecule has 0 radical (unpaired) electrons. The molecule has 0 spiro atoms. The van der Waals surface area contributed by atoms with Gasteiger partial charge in [0.2, 0.25) is 5.91 Å². The average molecular weight is 202 g/mol. The van der Waals surface area contributed by atoms with Crippen LogP contribution in [0.15, 0.2) is 0 Å². The maximum Gasteiger partial charge on any atom is 0.221 e. The summed E-state index contributed by atoms with van der Waals surface area (Å²) in [7, 11) is 1.62. The van der Waals surface area contributed by atoms with Gasteiger partial charge in [-0.1, -0.05) is 6.92 Å². The molecule has 1 atom stereocenters. The van der Waals surface area contributed by atoms with Crippen molar-refractivity contribution in [1.82, 2.24) is 10.6 Å². The SMILES string of the molecule is CCC(C)NCCC(=O)NCCOC. The predicted molar refractivity (Wildman–Crippen MR) is 57.3 cm³/mol. The van der Waals surface area contributed by atoms with Crippen LogP contribution in [0.5, 0.6) is 0 Å². The highest BCUT2D eigenvalue weighted by Crippen LogP contribution is 1.87. The molecule has 0 aliphatic heterocycles. The van der Waals surface area contributed by atoms with Gasteiger partial charge >= 0.3 is 0 Å². The van der Waals surface area contributed by atoms with Crippen molar-refractivity contribution in [3.63, 3.8) is 0 Å². The predicted octanol–water partition coefficient (Wildman–Crippen LogP) is 0.527. The zero-order chi connectivity index (χ0) is 10.8. The second-order valence-corrected chi connectivity index (χ2v) is 3.36. The third-order valence-electron chi connectivity index (χ3n) is 2.09. The quantitative estimate of drug-likeness (QED) is 0.564. The molecule has 0 aromatic rings. The van der Waals surface area contributed by atoms with Gasteiger partial charge in [-0.2, -0.15) is 0 Å². The van der Waals surface area contributed by atoms with Crippen molar-refractivity contribution >= 4 is 5.91 Å². The maximum absolute atomic E-state index is 11.2. The highest BCUT2D eigenvalue weighted by atomic mass is 16.5. The molecule has 0 saturated carbocycles. The Labute approximate surface area is 86.4 Å². The number of carbonyl (C=O) groups is 1. The van der Waals surface area contributed by atoms with Crippen LogP contribution in [0.1, 0.15) is 26.7 Å². The molecule has 1 amide bonds. The van der Waals surface area contributed by atoms with Crippen LogP contribution < -0.4 is 10.6 Å². The van der Waals surface area contributed by atoms with Gasteiger partial charge in [0.15, 0.2) is 0 Å². The first kappa shape index (κ1) is 13.4. The van der Waals surface area contributed by atoms with Crippen molar-refractivity contribution < 1.29 is 9.53 Å². The van der Waals surface area contributed by atoms with Gasteiger partial charge in [-0.25, -0.2) is 0 Å². The molecule has 14 heavy (non-hydrogen) atoms. The standard InChI is InChI=1S/C10H22N2O2/c1-4-9(2)11-6-5-10(13)12-7-8-14-3/h9,11H,4-8H2,1-3H3,(H,12,13). The molecule has 84 valence electrons. The molecule has 0 aromatic carbocycles. The summed E-state index contributed by atoms with van der Waals surface area (Å²) in [4.78, 5) is 11.2.